The Morgan fingerprint density at radius 3 is 2.54 bits per heavy atom. The molecule has 26 heavy (non-hydrogen) atoms. The summed E-state index contributed by atoms with van der Waals surface area (Å²) in [4.78, 5) is 16.8. The molecule has 0 aliphatic heterocycles. The fraction of sp³-hybridized carbons (Fsp3) is 0.368. The minimum absolute atomic E-state index is 0.294. The van der Waals surface area contributed by atoms with Gasteiger partial charge in [-0.15, -0.1) is 0 Å². The monoisotopic (exact) mass is 377 g/mol. The lowest BCUT2D eigenvalue weighted by molar-refractivity contribution is 0.102. The molecule has 0 aliphatic carbocycles. The maximum absolute atomic E-state index is 12.5. The Morgan fingerprint density at radius 1 is 1.15 bits per heavy atom. The van der Waals surface area contributed by atoms with E-state index in [0.717, 1.165) is 18.8 Å². The number of rotatable bonds is 9. The number of carbonyl (C=O) groups is 1. The Hall–Kier alpha value is -2.47. The van der Waals surface area contributed by atoms with Gasteiger partial charge in [0.15, 0.2) is 0 Å². The van der Waals surface area contributed by atoms with Crippen molar-refractivity contribution < 1.29 is 14.3 Å². The van der Waals surface area contributed by atoms with Gasteiger partial charge in [0, 0.05) is 24.9 Å². The Morgan fingerprint density at radius 2 is 1.92 bits per heavy atom. The third-order valence-electron chi connectivity index (χ3n) is 3.83. The minimum Gasteiger partial charge on any atom is -0.495 e. The molecule has 0 unspecified atom stereocenters. The second-order valence-corrected chi connectivity index (χ2v) is 6.11. The number of halogens is 1. The normalized spacial score (nSPS) is 10.3. The highest BCUT2D eigenvalue weighted by Gasteiger charge is 2.14. The molecule has 0 bridgehead atoms. The van der Waals surface area contributed by atoms with Crippen molar-refractivity contribution in [2.45, 2.75) is 26.2 Å². The van der Waals surface area contributed by atoms with Crippen LogP contribution in [0.3, 0.4) is 0 Å². The molecule has 1 amide bonds. The first-order valence-corrected chi connectivity index (χ1v) is 8.89. The zero-order valence-corrected chi connectivity index (χ0v) is 16.0. The molecule has 2 rings (SSSR count). The fourth-order valence-electron chi connectivity index (χ4n) is 2.38. The predicted octanol–water partition coefficient (Wildman–Crippen LogP) is 4.61. The number of pyridine rings is 1. The summed E-state index contributed by atoms with van der Waals surface area (Å²) in [6.45, 7) is 3.03. The van der Waals surface area contributed by atoms with E-state index in [9.17, 15) is 4.79 Å². The van der Waals surface area contributed by atoms with Crippen molar-refractivity contribution in [2.75, 3.05) is 31.4 Å². The van der Waals surface area contributed by atoms with Crippen molar-refractivity contribution in [1.29, 1.82) is 0 Å². The molecular weight excluding hydrogens is 354 g/mol. The van der Waals surface area contributed by atoms with Gasteiger partial charge in [-0.05, 0) is 18.6 Å². The molecule has 0 atom stereocenters. The fourth-order valence-corrected chi connectivity index (χ4v) is 2.61. The molecule has 140 valence electrons. The van der Waals surface area contributed by atoms with E-state index < -0.39 is 0 Å². The lowest BCUT2D eigenvalue weighted by Gasteiger charge is -2.13. The number of amides is 1. The number of methoxy groups -OCH3 is 2. The van der Waals surface area contributed by atoms with Crippen LogP contribution < -0.4 is 20.1 Å². The zero-order chi connectivity index (χ0) is 18.9. The average Bonchev–Trinajstić information content (AvgIpc) is 2.66. The highest BCUT2D eigenvalue weighted by Crippen LogP contribution is 2.36. The summed E-state index contributed by atoms with van der Waals surface area (Å²) in [5.41, 5.74) is 0.917. The van der Waals surface area contributed by atoms with Crippen LogP contribution in [0.2, 0.25) is 5.02 Å². The first kappa shape index (κ1) is 19.8. The third-order valence-corrected chi connectivity index (χ3v) is 4.13. The number of ether oxygens (including phenoxy) is 2. The van der Waals surface area contributed by atoms with Gasteiger partial charge in [0.25, 0.3) is 5.91 Å². The molecule has 0 aliphatic rings. The quantitative estimate of drug-likeness (QED) is 0.624. The molecular formula is C19H24ClN3O3. The van der Waals surface area contributed by atoms with Gasteiger partial charge in [-0.25, -0.2) is 4.98 Å². The number of hydrogen-bond acceptors (Lipinski definition) is 5. The van der Waals surface area contributed by atoms with E-state index in [-0.39, 0.29) is 5.91 Å². The number of hydrogen-bond donors (Lipinski definition) is 2. The van der Waals surface area contributed by atoms with Gasteiger partial charge in [0.1, 0.15) is 17.3 Å². The lowest BCUT2D eigenvalue weighted by Crippen LogP contribution is -2.13. The second-order valence-electron chi connectivity index (χ2n) is 5.71. The number of benzene rings is 1. The summed E-state index contributed by atoms with van der Waals surface area (Å²) < 4.78 is 10.4. The summed E-state index contributed by atoms with van der Waals surface area (Å²) in [7, 11) is 3.02. The molecule has 2 N–H and O–H groups in total. The Labute approximate surface area is 158 Å². The standard InChI is InChI=1S/C19H24ClN3O3/c1-4-5-6-9-21-18-8-7-13(12-22-18)19(24)23-15-11-16(25-2)14(20)10-17(15)26-3/h7-8,10-12H,4-6,9H2,1-3H3,(H,21,22)(H,23,24). The van der Waals surface area contributed by atoms with E-state index in [4.69, 9.17) is 21.1 Å². The van der Waals surface area contributed by atoms with Crippen LogP contribution in [0.4, 0.5) is 11.5 Å². The first-order valence-electron chi connectivity index (χ1n) is 8.51. The van der Waals surface area contributed by atoms with Gasteiger partial charge in [-0.1, -0.05) is 31.4 Å². The molecule has 1 aromatic heterocycles. The van der Waals surface area contributed by atoms with E-state index in [0.29, 0.717) is 27.8 Å². The summed E-state index contributed by atoms with van der Waals surface area (Å²) in [5.74, 6) is 1.36. The van der Waals surface area contributed by atoms with Crippen LogP contribution in [-0.4, -0.2) is 31.7 Å². The zero-order valence-electron chi connectivity index (χ0n) is 15.3. The van der Waals surface area contributed by atoms with Crippen LogP contribution in [0.15, 0.2) is 30.5 Å². The Balaban J connectivity index is 2.05. The molecule has 0 spiro atoms. The molecule has 1 aromatic carbocycles. The van der Waals surface area contributed by atoms with Crippen LogP contribution in [0.1, 0.15) is 36.5 Å². The van der Waals surface area contributed by atoms with Crippen molar-refractivity contribution in [3.8, 4) is 11.5 Å². The van der Waals surface area contributed by atoms with E-state index in [1.54, 1.807) is 24.3 Å². The summed E-state index contributed by atoms with van der Waals surface area (Å²) >= 11 is 6.08. The van der Waals surface area contributed by atoms with Crippen LogP contribution >= 0.6 is 11.6 Å². The summed E-state index contributed by atoms with van der Waals surface area (Å²) in [5, 5.41) is 6.44. The number of anilines is 2. The van der Waals surface area contributed by atoms with Crippen molar-refractivity contribution in [2.24, 2.45) is 0 Å². The van der Waals surface area contributed by atoms with E-state index in [2.05, 4.69) is 22.5 Å². The van der Waals surface area contributed by atoms with Crippen molar-refractivity contribution in [3.05, 3.63) is 41.0 Å². The largest absolute Gasteiger partial charge is 0.495 e. The third kappa shape index (κ3) is 5.26. The van der Waals surface area contributed by atoms with Crippen LogP contribution in [0, 0.1) is 0 Å². The van der Waals surface area contributed by atoms with Crippen LogP contribution in [0.25, 0.3) is 0 Å². The number of unbranched alkanes of at least 4 members (excludes halogenated alkanes) is 2. The molecule has 0 radical (unpaired) electrons. The van der Waals surface area contributed by atoms with E-state index in [1.165, 1.54) is 33.3 Å². The Bertz CT molecular complexity index is 736. The first-order chi connectivity index (χ1) is 12.6. The topological polar surface area (TPSA) is 72.5 Å². The van der Waals surface area contributed by atoms with Gasteiger partial charge in [-0.2, -0.15) is 0 Å². The van der Waals surface area contributed by atoms with Gasteiger partial charge in [0.05, 0.1) is 30.5 Å². The summed E-state index contributed by atoms with van der Waals surface area (Å²) in [6.07, 6.45) is 4.99. The molecule has 6 nitrogen and oxygen atoms in total. The molecule has 0 saturated heterocycles. The van der Waals surface area contributed by atoms with Gasteiger partial charge < -0.3 is 20.1 Å². The second kappa shape index (κ2) is 9.87. The van der Waals surface area contributed by atoms with Gasteiger partial charge in [0.2, 0.25) is 0 Å². The lowest BCUT2D eigenvalue weighted by atomic mass is 10.2. The minimum atomic E-state index is -0.294. The maximum Gasteiger partial charge on any atom is 0.257 e. The van der Waals surface area contributed by atoms with Crippen molar-refractivity contribution in [1.82, 2.24) is 4.98 Å². The van der Waals surface area contributed by atoms with Crippen molar-refractivity contribution in [3.63, 3.8) is 0 Å². The average molecular weight is 378 g/mol. The van der Waals surface area contributed by atoms with Gasteiger partial charge >= 0.3 is 0 Å². The molecule has 7 heteroatoms. The molecule has 0 fully saturated rings. The highest BCUT2D eigenvalue weighted by molar-refractivity contribution is 6.32. The predicted molar refractivity (Wildman–Crippen MR) is 105 cm³/mol. The molecule has 0 saturated carbocycles. The van der Waals surface area contributed by atoms with E-state index >= 15 is 0 Å². The molecule has 1 heterocycles. The SMILES string of the molecule is CCCCCNc1ccc(C(=O)Nc2cc(OC)c(Cl)cc2OC)cn1. The number of nitrogens with zero attached hydrogens (tertiary/aromatic N) is 1. The highest BCUT2D eigenvalue weighted by atomic mass is 35.5. The maximum atomic E-state index is 12.5. The molecule has 2 aromatic rings. The van der Waals surface area contributed by atoms with Gasteiger partial charge in [-0.3, -0.25) is 4.79 Å². The number of aromatic nitrogens is 1. The number of carbonyl (C=O) groups excluding carboxylic acids is 1. The van der Waals surface area contributed by atoms with Crippen molar-refractivity contribution >= 4 is 29.0 Å². The Kier molecular flexibility index (Phi) is 7.53. The smallest absolute Gasteiger partial charge is 0.257 e. The van der Waals surface area contributed by atoms with Crippen LogP contribution in [0.5, 0.6) is 11.5 Å². The van der Waals surface area contributed by atoms with Crippen LogP contribution in [-0.2, 0) is 0 Å². The van der Waals surface area contributed by atoms with E-state index in [1.807, 2.05) is 0 Å². The summed E-state index contributed by atoms with van der Waals surface area (Å²) in [6, 6.07) is 6.73. The number of nitrogens with one attached hydrogen (secondary N) is 2.